The summed E-state index contributed by atoms with van der Waals surface area (Å²) < 4.78 is 1.10. The van der Waals surface area contributed by atoms with Crippen molar-refractivity contribution in [2.75, 3.05) is 11.5 Å². The lowest BCUT2D eigenvalue weighted by Crippen LogP contribution is -2.37. The molecule has 0 aliphatic carbocycles. The van der Waals surface area contributed by atoms with Gasteiger partial charge in [0.15, 0.2) is 0 Å². The summed E-state index contributed by atoms with van der Waals surface area (Å²) in [6, 6.07) is 8.18. The molecule has 3 unspecified atom stereocenters. The third kappa shape index (κ3) is 3.69. The van der Waals surface area contributed by atoms with Crippen LogP contribution in [0.2, 0.25) is 0 Å². The van der Waals surface area contributed by atoms with Gasteiger partial charge in [-0.25, -0.2) is 0 Å². The van der Waals surface area contributed by atoms with Crippen LogP contribution in [0.15, 0.2) is 28.7 Å². The summed E-state index contributed by atoms with van der Waals surface area (Å²) in [5.74, 6) is 2.39. The SMILES string of the molecule is CCC1SCCSC1C(O)Cc1ccccc1Br. The Bertz CT molecular complexity index is 386. The van der Waals surface area contributed by atoms with Crippen LogP contribution in [0.3, 0.4) is 0 Å². The highest BCUT2D eigenvalue weighted by molar-refractivity contribution is 9.10. The Morgan fingerprint density at radius 1 is 1.33 bits per heavy atom. The van der Waals surface area contributed by atoms with Gasteiger partial charge in [0.05, 0.1) is 6.10 Å². The van der Waals surface area contributed by atoms with Crippen molar-refractivity contribution in [2.24, 2.45) is 0 Å². The van der Waals surface area contributed by atoms with Gasteiger partial charge in [-0.1, -0.05) is 41.1 Å². The van der Waals surface area contributed by atoms with Crippen molar-refractivity contribution in [3.63, 3.8) is 0 Å². The minimum absolute atomic E-state index is 0.244. The number of thioether (sulfide) groups is 2. The topological polar surface area (TPSA) is 20.2 Å². The first-order valence-electron chi connectivity index (χ1n) is 6.37. The van der Waals surface area contributed by atoms with Gasteiger partial charge in [0.2, 0.25) is 0 Å². The smallest absolute Gasteiger partial charge is 0.0710 e. The molecule has 0 amide bonds. The summed E-state index contributed by atoms with van der Waals surface area (Å²) in [4.78, 5) is 0. The molecule has 1 N–H and O–H groups in total. The van der Waals surface area contributed by atoms with Crippen molar-refractivity contribution < 1.29 is 5.11 Å². The van der Waals surface area contributed by atoms with E-state index in [1.807, 2.05) is 41.7 Å². The quantitative estimate of drug-likeness (QED) is 0.890. The first-order chi connectivity index (χ1) is 8.72. The van der Waals surface area contributed by atoms with Gasteiger partial charge in [-0.2, -0.15) is 23.5 Å². The third-order valence-electron chi connectivity index (χ3n) is 3.26. The molecule has 0 saturated carbocycles. The zero-order valence-electron chi connectivity index (χ0n) is 10.5. The number of benzene rings is 1. The molecule has 1 aliphatic heterocycles. The van der Waals surface area contributed by atoms with Crippen LogP contribution >= 0.6 is 39.5 Å². The highest BCUT2D eigenvalue weighted by Gasteiger charge is 2.31. The molecule has 1 heterocycles. The molecule has 100 valence electrons. The van der Waals surface area contributed by atoms with Gasteiger partial charge in [-0.3, -0.25) is 0 Å². The maximum Gasteiger partial charge on any atom is 0.0710 e. The Hall–Kier alpha value is 0.360. The second-order valence-corrected chi connectivity index (χ2v) is 8.00. The van der Waals surface area contributed by atoms with E-state index in [2.05, 4.69) is 28.9 Å². The Kier molecular flexibility index (Phi) is 5.93. The molecular formula is C14H19BrOS2. The van der Waals surface area contributed by atoms with Gasteiger partial charge in [-0.05, 0) is 18.1 Å². The molecule has 1 aromatic carbocycles. The van der Waals surface area contributed by atoms with E-state index in [1.54, 1.807) is 0 Å². The largest absolute Gasteiger partial charge is 0.392 e. The minimum Gasteiger partial charge on any atom is -0.392 e. The normalized spacial score (nSPS) is 25.9. The molecule has 1 fully saturated rings. The summed E-state index contributed by atoms with van der Waals surface area (Å²) in [6.45, 7) is 2.22. The van der Waals surface area contributed by atoms with Crippen LogP contribution in [0.5, 0.6) is 0 Å². The lowest BCUT2D eigenvalue weighted by atomic mass is 10.0. The number of aliphatic hydroxyl groups is 1. The fourth-order valence-corrected chi connectivity index (χ4v) is 5.90. The van der Waals surface area contributed by atoms with E-state index in [0.29, 0.717) is 10.5 Å². The predicted octanol–water partition coefficient (Wildman–Crippen LogP) is 3.98. The van der Waals surface area contributed by atoms with Crippen molar-refractivity contribution in [2.45, 2.75) is 36.4 Å². The van der Waals surface area contributed by atoms with Gasteiger partial charge in [0.1, 0.15) is 0 Å². The van der Waals surface area contributed by atoms with Crippen LogP contribution in [0.4, 0.5) is 0 Å². The molecule has 1 saturated heterocycles. The van der Waals surface area contributed by atoms with Gasteiger partial charge in [-0.15, -0.1) is 0 Å². The third-order valence-corrected chi connectivity index (χ3v) is 7.43. The fourth-order valence-electron chi connectivity index (χ4n) is 2.30. The van der Waals surface area contributed by atoms with Crippen LogP contribution in [-0.2, 0) is 6.42 Å². The van der Waals surface area contributed by atoms with E-state index in [-0.39, 0.29) is 6.10 Å². The summed E-state index contributed by atoms with van der Waals surface area (Å²) >= 11 is 7.52. The van der Waals surface area contributed by atoms with Gasteiger partial charge in [0.25, 0.3) is 0 Å². The van der Waals surface area contributed by atoms with Crippen LogP contribution < -0.4 is 0 Å². The monoisotopic (exact) mass is 346 g/mol. The Morgan fingerprint density at radius 2 is 2.06 bits per heavy atom. The zero-order valence-corrected chi connectivity index (χ0v) is 13.7. The van der Waals surface area contributed by atoms with E-state index >= 15 is 0 Å². The van der Waals surface area contributed by atoms with Gasteiger partial charge >= 0.3 is 0 Å². The fraction of sp³-hybridized carbons (Fsp3) is 0.571. The van der Waals surface area contributed by atoms with Crippen molar-refractivity contribution in [3.8, 4) is 0 Å². The molecule has 4 heteroatoms. The summed E-state index contributed by atoms with van der Waals surface area (Å²) in [7, 11) is 0. The standard InChI is InChI=1S/C14H19BrOS2/c1-2-13-14(18-8-7-17-13)12(16)9-10-5-3-4-6-11(10)15/h3-6,12-14,16H,2,7-9H2,1H3. The van der Waals surface area contributed by atoms with E-state index < -0.39 is 0 Å². The molecule has 18 heavy (non-hydrogen) atoms. The average molecular weight is 347 g/mol. The highest BCUT2D eigenvalue weighted by atomic mass is 79.9. The molecule has 0 bridgehead atoms. The molecule has 2 rings (SSSR count). The average Bonchev–Trinajstić information content (AvgIpc) is 2.41. The van der Waals surface area contributed by atoms with Gasteiger partial charge in [0, 0.05) is 32.9 Å². The first-order valence-corrected chi connectivity index (χ1v) is 9.26. The molecule has 3 atom stereocenters. The van der Waals surface area contributed by atoms with E-state index in [9.17, 15) is 5.11 Å². The van der Waals surface area contributed by atoms with Crippen LogP contribution in [-0.4, -0.2) is 33.2 Å². The number of aliphatic hydroxyl groups excluding tert-OH is 1. The van der Waals surface area contributed by atoms with Crippen molar-refractivity contribution in [1.82, 2.24) is 0 Å². The van der Waals surface area contributed by atoms with Crippen LogP contribution in [0.1, 0.15) is 18.9 Å². The Balaban J connectivity index is 2.02. The Labute approximate surface area is 126 Å². The maximum atomic E-state index is 10.5. The molecule has 0 aromatic heterocycles. The Morgan fingerprint density at radius 3 is 2.78 bits per heavy atom. The predicted molar refractivity (Wildman–Crippen MR) is 86.6 cm³/mol. The lowest BCUT2D eigenvalue weighted by molar-refractivity contribution is 0.169. The molecule has 1 aromatic rings. The van der Waals surface area contributed by atoms with Crippen LogP contribution in [0, 0.1) is 0 Å². The lowest BCUT2D eigenvalue weighted by Gasteiger charge is -2.33. The van der Waals surface area contributed by atoms with E-state index in [0.717, 1.165) is 17.3 Å². The number of hydrogen-bond acceptors (Lipinski definition) is 3. The number of rotatable bonds is 4. The summed E-state index contributed by atoms with van der Waals surface area (Å²) in [6.07, 6.45) is 1.65. The summed E-state index contributed by atoms with van der Waals surface area (Å²) in [5.41, 5.74) is 1.20. The summed E-state index contributed by atoms with van der Waals surface area (Å²) in [5, 5.41) is 11.5. The molecule has 1 nitrogen and oxygen atoms in total. The second kappa shape index (κ2) is 7.22. The van der Waals surface area contributed by atoms with Crippen molar-refractivity contribution >= 4 is 39.5 Å². The van der Waals surface area contributed by atoms with E-state index in [1.165, 1.54) is 17.1 Å². The minimum atomic E-state index is -0.244. The van der Waals surface area contributed by atoms with Gasteiger partial charge < -0.3 is 5.11 Å². The van der Waals surface area contributed by atoms with Crippen LogP contribution in [0.25, 0.3) is 0 Å². The number of hydrogen-bond donors (Lipinski definition) is 1. The first kappa shape index (κ1) is 14.8. The molecular weight excluding hydrogens is 328 g/mol. The molecule has 0 radical (unpaired) electrons. The second-order valence-electron chi connectivity index (χ2n) is 4.52. The molecule has 1 aliphatic rings. The highest BCUT2D eigenvalue weighted by Crippen LogP contribution is 2.36. The number of halogens is 1. The molecule has 0 spiro atoms. The van der Waals surface area contributed by atoms with Crippen molar-refractivity contribution in [1.29, 1.82) is 0 Å². The van der Waals surface area contributed by atoms with E-state index in [4.69, 9.17) is 0 Å². The van der Waals surface area contributed by atoms with Crippen molar-refractivity contribution in [3.05, 3.63) is 34.3 Å². The maximum absolute atomic E-state index is 10.5. The zero-order chi connectivity index (χ0) is 13.0.